The van der Waals surface area contributed by atoms with Gasteiger partial charge in [0.1, 0.15) is 5.75 Å². The average Bonchev–Trinajstić information content (AvgIpc) is 2.06. The van der Waals surface area contributed by atoms with Gasteiger partial charge < -0.3 is 4.18 Å². The van der Waals surface area contributed by atoms with Gasteiger partial charge in [0.2, 0.25) is 11.1 Å². The van der Waals surface area contributed by atoms with Crippen molar-refractivity contribution in [1.82, 2.24) is 0 Å². The van der Waals surface area contributed by atoms with Crippen LogP contribution in [0.3, 0.4) is 0 Å². The van der Waals surface area contributed by atoms with Crippen LogP contribution in [0.5, 0.6) is 5.75 Å². The van der Waals surface area contributed by atoms with Crippen LogP contribution >= 0.6 is 0 Å². The molecule has 0 saturated heterocycles. The molecule has 60 valence electrons. The molecule has 0 aliphatic rings. The summed E-state index contributed by atoms with van der Waals surface area (Å²) in [5.41, 5.74) is 0. The summed E-state index contributed by atoms with van der Waals surface area (Å²) in [5, 5.41) is 1.24. The predicted octanol–water partition coefficient (Wildman–Crippen LogP) is 1.22. The van der Waals surface area contributed by atoms with Crippen molar-refractivity contribution in [1.29, 1.82) is 0 Å². The Hall–Kier alpha value is -0.0900. The molecule has 0 aliphatic heterocycles. The van der Waals surface area contributed by atoms with Gasteiger partial charge in [0.05, 0.1) is 0 Å². The zero-order valence-corrected chi connectivity index (χ0v) is 6.71. The van der Waals surface area contributed by atoms with Crippen molar-refractivity contribution in [2.45, 2.75) is 0 Å². The first-order chi connectivity index (χ1) is 5.33. The van der Waals surface area contributed by atoms with E-state index in [-0.39, 0.29) is 29.6 Å². The Morgan fingerprint density at radius 2 is 1.92 bits per heavy atom. The Kier molecular flexibility index (Phi) is 6.38. The van der Waals surface area contributed by atoms with Crippen molar-refractivity contribution in [3.8, 4) is 5.75 Å². The second-order valence-electron chi connectivity index (χ2n) is 1.82. The van der Waals surface area contributed by atoms with Crippen LogP contribution in [0.4, 0.5) is 0 Å². The minimum absolute atomic E-state index is 0. The van der Waals surface area contributed by atoms with E-state index in [0.717, 1.165) is 0 Å². The van der Waals surface area contributed by atoms with E-state index in [1.807, 2.05) is 18.2 Å². The van der Waals surface area contributed by atoms with E-state index in [2.05, 4.69) is 6.58 Å². The van der Waals surface area contributed by atoms with Gasteiger partial charge in [-0.1, -0.05) is 24.8 Å². The van der Waals surface area contributed by atoms with Crippen LogP contribution in [0.15, 0.2) is 42.3 Å². The summed E-state index contributed by atoms with van der Waals surface area (Å²) in [6.45, 7) is 3.33. The van der Waals surface area contributed by atoms with Gasteiger partial charge in [-0.15, -0.1) is 0 Å². The molecule has 1 aromatic rings. The minimum atomic E-state index is -1.41. The monoisotopic (exact) mass is 192 g/mol. The van der Waals surface area contributed by atoms with Gasteiger partial charge in [-0.3, -0.25) is 0 Å². The third-order valence-corrected chi connectivity index (χ3v) is 1.69. The van der Waals surface area contributed by atoms with E-state index in [1.54, 1.807) is 12.1 Å². The van der Waals surface area contributed by atoms with Crippen LogP contribution in [0.25, 0.3) is 0 Å². The Morgan fingerprint density at radius 3 is 2.42 bits per heavy atom. The molecule has 0 N–H and O–H groups in total. The van der Waals surface area contributed by atoms with Gasteiger partial charge in [-0.25, -0.2) is 4.21 Å². The molecule has 1 rings (SSSR count). The summed E-state index contributed by atoms with van der Waals surface area (Å²) >= 11 is -1.41. The first-order valence-corrected chi connectivity index (χ1v) is 4.23. The summed E-state index contributed by atoms with van der Waals surface area (Å²) in [4.78, 5) is 0. The SMILES string of the molecule is C=CS(=O)Oc1ccccc1.[NaH]. The third-order valence-electron chi connectivity index (χ3n) is 1.06. The third kappa shape index (κ3) is 4.07. The Morgan fingerprint density at radius 1 is 1.33 bits per heavy atom. The fourth-order valence-corrected chi connectivity index (χ4v) is 0.974. The Bertz CT molecular complexity index is 261. The maximum atomic E-state index is 10.8. The quantitative estimate of drug-likeness (QED) is 0.673. The molecule has 1 aromatic carbocycles. The van der Waals surface area contributed by atoms with E-state index >= 15 is 0 Å². The predicted molar refractivity (Wildman–Crippen MR) is 52.6 cm³/mol. The van der Waals surface area contributed by atoms with Gasteiger partial charge in [0.15, 0.2) is 0 Å². The molecule has 0 radical (unpaired) electrons. The average molecular weight is 192 g/mol. The molecule has 4 heteroatoms. The Labute approximate surface area is 96.6 Å². The molecule has 1 atom stereocenters. The van der Waals surface area contributed by atoms with Gasteiger partial charge in [-0.2, -0.15) is 0 Å². The molecule has 0 spiro atoms. The number of hydrogen-bond donors (Lipinski definition) is 0. The van der Waals surface area contributed by atoms with Crippen LogP contribution in [0.1, 0.15) is 0 Å². The summed E-state index contributed by atoms with van der Waals surface area (Å²) < 4.78 is 15.7. The summed E-state index contributed by atoms with van der Waals surface area (Å²) in [6.07, 6.45) is 0. The van der Waals surface area contributed by atoms with E-state index in [1.165, 1.54) is 5.41 Å². The molecule has 0 fully saturated rings. The van der Waals surface area contributed by atoms with Crippen LogP contribution in [-0.4, -0.2) is 33.8 Å². The molecule has 0 saturated carbocycles. The van der Waals surface area contributed by atoms with Crippen LogP contribution < -0.4 is 4.18 Å². The second kappa shape index (κ2) is 6.43. The van der Waals surface area contributed by atoms with Gasteiger partial charge in [0, 0.05) is 5.41 Å². The van der Waals surface area contributed by atoms with Gasteiger partial charge >= 0.3 is 29.6 Å². The van der Waals surface area contributed by atoms with E-state index in [0.29, 0.717) is 5.75 Å². The van der Waals surface area contributed by atoms with Gasteiger partial charge in [0.25, 0.3) is 0 Å². The van der Waals surface area contributed by atoms with Crippen molar-refractivity contribution in [3.63, 3.8) is 0 Å². The number of hydrogen-bond acceptors (Lipinski definition) is 2. The van der Waals surface area contributed by atoms with Crippen molar-refractivity contribution in [3.05, 3.63) is 42.3 Å². The summed E-state index contributed by atoms with van der Waals surface area (Å²) in [7, 11) is 0. The summed E-state index contributed by atoms with van der Waals surface area (Å²) in [6, 6.07) is 8.97. The van der Waals surface area contributed by atoms with E-state index < -0.39 is 11.1 Å². The molecule has 0 aliphatic carbocycles. The summed E-state index contributed by atoms with van der Waals surface area (Å²) in [5.74, 6) is 0.589. The molecule has 0 aromatic heterocycles. The first-order valence-electron chi connectivity index (χ1n) is 3.09. The maximum absolute atomic E-state index is 10.8. The standard InChI is InChI=1S/C8H8O2S.Na.H/c1-2-11(9)10-8-6-4-3-5-7-8;;/h2-7H,1H2;;. The topological polar surface area (TPSA) is 26.3 Å². The van der Waals surface area contributed by atoms with Crippen molar-refractivity contribution < 1.29 is 8.39 Å². The normalized spacial score (nSPS) is 11.0. The molecular formula is C8H9NaO2S. The first kappa shape index (κ1) is 11.9. The van der Waals surface area contributed by atoms with Crippen LogP contribution in [0, 0.1) is 0 Å². The molecule has 2 nitrogen and oxygen atoms in total. The fourth-order valence-electron chi connectivity index (χ4n) is 0.605. The van der Waals surface area contributed by atoms with Gasteiger partial charge in [-0.05, 0) is 12.1 Å². The van der Waals surface area contributed by atoms with Crippen LogP contribution in [0.2, 0.25) is 0 Å². The molecule has 0 amide bonds. The van der Waals surface area contributed by atoms with E-state index in [9.17, 15) is 4.21 Å². The molecule has 1 unspecified atom stereocenters. The molecular weight excluding hydrogens is 183 g/mol. The second-order valence-corrected chi connectivity index (χ2v) is 2.84. The molecule has 0 bridgehead atoms. The fraction of sp³-hybridized carbons (Fsp3) is 0. The number of rotatable bonds is 3. The molecule has 0 heterocycles. The zero-order valence-electron chi connectivity index (χ0n) is 5.90. The van der Waals surface area contributed by atoms with Crippen molar-refractivity contribution in [2.24, 2.45) is 0 Å². The van der Waals surface area contributed by atoms with E-state index in [4.69, 9.17) is 4.18 Å². The molecule has 12 heavy (non-hydrogen) atoms. The Balaban J connectivity index is 0.00000121. The van der Waals surface area contributed by atoms with Crippen molar-refractivity contribution in [2.75, 3.05) is 0 Å². The zero-order chi connectivity index (χ0) is 8.10. The van der Waals surface area contributed by atoms with Crippen LogP contribution in [-0.2, 0) is 11.1 Å². The number of benzene rings is 1. The number of para-hydroxylation sites is 1. The van der Waals surface area contributed by atoms with Crippen molar-refractivity contribution >= 4 is 40.6 Å².